The summed E-state index contributed by atoms with van der Waals surface area (Å²) in [6.07, 6.45) is -4.24. The first-order chi connectivity index (χ1) is 37.3. The molecule has 24 heteroatoms. The van der Waals surface area contributed by atoms with Crippen LogP contribution in [0.25, 0.3) is 11.2 Å². The zero-order chi connectivity index (χ0) is 54.5. The summed E-state index contributed by atoms with van der Waals surface area (Å²) >= 11 is 0. The van der Waals surface area contributed by atoms with Gasteiger partial charge in [-0.15, -0.1) is 0 Å². The number of hydrogen-bond donors (Lipinski definition) is 3. The molecule has 0 radical (unpaired) electrons. The Hall–Kier alpha value is -9.55. The van der Waals surface area contributed by atoms with E-state index in [1.807, 2.05) is 54.6 Å². The van der Waals surface area contributed by atoms with Gasteiger partial charge in [0.05, 0.1) is 63.1 Å². The molecule has 0 bridgehead atoms. The first-order valence-electron chi connectivity index (χ1n) is 23.8. The van der Waals surface area contributed by atoms with Gasteiger partial charge in [0.25, 0.3) is 11.4 Å². The van der Waals surface area contributed by atoms with Crippen LogP contribution in [-0.2, 0) is 51.7 Å². The molecule has 0 aliphatic carbocycles. The van der Waals surface area contributed by atoms with Gasteiger partial charge >= 0.3 is 24.1 Å². The normalized spacial score (nSPS) is 16.0. The van der Waals surface area contributed by atoms with Gasteiger partial charge < -0.3 is 43.6 Å². The van der Waals surface area contributed by atoms with Crippen LogP contribution in [0, 0.1) is 20.2 Å². The lowest BCUT2D eigenvalue weighted by Crippen LogP contribution is -2.49. The van der Waals surface area contributed by atoms with Gasteiger partial charge in [-0.3, -0.25) is 39.7 Å². The molecular weight excluding hydrogens is 1000 g/mol. The highest BCUT2D eigenvalue weighted by molar-refractivity contribution is 5.93. The van der Waals surface area contributed by atoms with Crippen molar-refractivity contribution in [3.05, 3.63) is 188 Å². The minimum Gasteiger partial charge on any atom is -0.497 e. The predicted octanol–water partition coefficient (Wildman–Crippen LogP) is 7.47. The number of fused-ring (bicyclic) bond motifs is 1. The van der Waals surface area contributed by atoms with Crippen LogP contribution in [0.4, 0.5) is 26.8 Å². The average Bonchev–Trinajstić information content (AvgIpc) is 4.02. The van der Waals surface area contributed by atoms with Crippen molar-refractivity contribution >= 4 is 52.5 Å². The smallest absolute Gasteiger partial charge is 0.412 e. The maximum absolute atomic E-state index is 13.9. The summed E-state index contributed by atoms with van der Waals surface area (Å²) in [7, 11) is 3.08. The summed E-state index contributed by atoms with van der Waals surface area (Å²) in [6, 6.07) is 33.9. The highest BCUT2D eigenvalue weighted by Gasteiger charge is 2.51. The molecule has 3 heterocycles. The first-order valence-corrected chi connectivity index (χ1v) is 23.8. The fraction of sp³-hybridized carbons (Fsp3) is 0.264. The van der Waals surface area contributed by atoms with Crippen LogP contribution in [0.3, 0.4) is 0 Å². The number of non-ortho nitro benzene ring substituents is 2. The molecule has 1 fully saturated rings. The molecule has 0 unspecified atom stereocenters. The molecule has 1 aliphatic rings. The Morgan fingerprint density at radius 3 is 1.78 bits per heavy atom. The summed E-state index contributed by atoms with van der Waals surface area (Å²) < 4.78 is 43.5. The number of nitrogens with one attached hydrogen (secondary N) is 2. The number of carboxylic acids is 1. The number of carbonyl (C=O) groups excluding carboxylic acids is 3. The number of ether oxygens (including phenoxy) is 7. The Balaban J connectivity index is 1.14. The number of nitro groups is 2. The van der Waals surface area contributed by atoms with E-state index in [-0.39, 0.29) is 61.0 Å². The van der Waals surface area contributed by atoms with E-state index in [1.54, 1.807) is 50.6 Å². The largest absolute Gasteiger partial charge is 0.497 e. The van der Waals surface area contributed by atoms with Crippen LogP contribution in [0.5, 0.6) is 11.5 Å². The molecule has 8 rings (SSSR count). The Labute approximate surface area is 438 Å². The van der Waals surface area contributed by atoms with Crippen LogP contribution >= 0.6 is 0 Å². The third-order valence-corrected chi connectivity index (χ3v) is 12.5. The van der Waals surface area contributed by atoms with Gasteiger partial charge in [-0.1, -0.05) is 78.9 Å². The topological polar surface area (TPSA) is 307 Å². The molecule has 2 amide bonds. The number of anilines is 1. The van der Waals surface area contributed by atoms with E-state index >= 15 is 0 Å². The number of aromatic nitrogens is 4. The summed E-state index contributed by atoms with van der Waals surface area (Å²) in [4.78, 5) is 86.8. The lowest BCUT2D eigenvalue weighted by atomic mass is 9.80. The van der Waals surface area contributed by atoms with E-state index in [9.17, 15) is 44.5 Å². The highest BCUT2D eigenvalue weighted by Crippen LogP contribution is 2.43. The number of imidazole rings is 1. The molecule has 7 aromatic rings. The van der Waals surface area contributed by atoms with Crippen molar-refractivity contribution < 1.29 is 67.3 Å². The fourth-order valence-electron chi connectivity index (χ4n) is 8.64. The number of carbonyl (C=O) groups is 4. The van der Waals surface area contributed by atoms with Crippen LogP contribution in [0.15, 0.2) is 140 Å². The van der Waals surface area contributed by atoms with Crippen molar-refractivity contribution in [3.8, 4) is 11.5 Å². The number of esters is 1. The molecule has 1 saturated heterocycles. The molecule has 4 atom stereocenters. The summed E-state index contributed by atoms with van der Waals surface area (Å²) in [5, 5.41) is 37.2. The predicted molar refractivity (Wildman–Crippen MR) is 271 cm³/mol. The Morgan fingerprint density at radius 1 is 0.701 bits per heavy atom. The number of alkyl carbamates (subject to hydrolysis) is 1. The zero-order valence-electron chi connectivity index (χ0n) is 41.3. The third kappa shape index (κ3) is 12.9. The van der Waals surface area contributed by atoms with Crippen molar-refractivity contribution in [2.75, 3.05) is 39.4 Å². The molecule has 1 aliphatic heterocycles. The fourth-order valence-corrected chi connectivity index (χ4v) is 8.64. The Kier molecular flexibility index (Phi) is 17.2. The highest BCUT2D eigenvalue weighted by atomic mass is 16.6. The molecule has 0 spiro atoms. The van der Waals surface area contributed by atoms with Gasteiger partial charge in [0.15, 0.2) is 29.3 Å². The number of rotatable bonds is 23. The van der Waals surface area contributed by atoms with Gasteiger partial charge in [0.1, 0.15) is 35.6 Å². The number of nitro benzene ring substituents is 2. The minimum atomic E-state index is -1.44. The first kappa shape index (κ1) is 53.7. The van der Waals surface area contributed by atoms with Crippen molar-refractivity contribution in [2.45, 2.75) is 55.8 Å². The number of methoxy groups -OCH3 is 2. The van der Waals surface area contributed by atoms with Crippen molar-refractivity contribution in [1.29, 1.82) is 0 Å². The van der Waals surface area contributed by atoms with Gasteiger partial charge in [0, 0.05) is 37.1 Å². The zero-order valence-corrected chi connectivity index (χ0v) is 41.3. The minimum absolute atomic E-state index is 0.0460. The Bertz CT molecular complexity index is 3150. The second-order valence-corrected chi connectivity index (χ2v) is 17.2. The van der Waals surface area contributed by atoms with E-state index in [2.05, 4.69) is 25.6 Å². The second-order valence-electron chi connectivity index (χ2n) is 17.2. The lowest BCUT2D eigenvalue weighted by Gasteiger charge is -2.37. The van der Waals surface area contributed by atoms with Crippen molar-refractivity contribution in [3.63, 3.8) is 0 Å². The summed E-state index contributed by atoms with van der Waals surface area (Å²) in [5.74, 6) is -1.14. The number of aliphatic carboxylic acids is 1. The standard InChI is InChI=1S/C53H50N8O16/c1-71-40-20-12-36(13-21-40)53(35-6-4-3-5-7-35,37-14-22-41(72-2)23-15-37)75-30-42-47(77-44(64)25-24-43(62)63)45(57-51(65)73-28-26-33-8-16-38(17-9-33)60(67)68)50(76-42)59-32-56-46-48(54-31-55-49(46)59)58-52(66)74-29-27-34-10-18-39(19-11-34)61(69)70/h3-23,31-32,42,45,47,50H,24-30H2,1-2H3,(H,57,65)(H,62,63)(H,54,55,58,66)/t42-,45-,47-,50-/m1/s1. The van der Waals surface area contributed by atoms with Gasteiger partial charge in [-0.25, -0.2) is 24.5 Å². The van der Waals surface area contributed by atoms with Crippen LogP contribution in [0.1, 0.15) is 46.9 Å². The third-order valence-electron chi connectivity index (χ3n) is 12.5. The molecule has 2 aromatic heterocycles. The molecule has 77 heavy (non-hydrogen) atoms. The summed E-state index contributed by atoms with van der Waals surface area (Å²) in [6.45, 7) is -0.660. The maximum atomic E-state index is 13.9. The number of benzene rings is 5. The maximum Gasteiger partial charge on any atom is 0.412 e. The molecule has 5 aromatic carbocycles. The number of hydrogen-bond acceptors (Lipinski definition) is 18. The monoisotopic (exact) mass is 1050 g/mol. The van der Waals surface area contributed by atoms with Crippen LogP contribution < -0.4 is 20.1 Å². The summed E-state index contributed by atoms with van der Waals surface area (Å²) in [5.41, 5.74) is 1.76. The van der Waals surface area contributed by atoms with Gasteiger partial charge in [-0.05, 0) is 52.1 Å². The number of nitrogens with zero attached hydrogens (tertiary/aromatic N) is 6. The quantitative estimate of drug-likeness (QED) is 0.0184. The number of carboxylic acid groups (broad SMARTS) is 1. The van der Waals surface area contributed by atoms with Gasteiger partial charge in [0.2, 0.25) is 0 Å². The number of amides is 2. The van der Waals surface area contributed by atoms with E-state index in [4.69, 9.17) is 33.2 Å². The van der Waals surface area contributed by atoms with E-state index in [0.717, 1.165) is 6.33 Å². The van der Waals surface area contributed by atoms with E-state index in [0.29, 0.717) is 39.3 Å². The molecule has 24 nitrogen and oxygen atoms in total. The van der Waals surface area contributed by atoms with E-state index in [1.165, 1.54) is 47.3 Å². The SMILES string of the molecule is COc1ccc(C(OC[C@H]2O[C@@H](n3cnc4c(NC(=O)OCCc5ccc([N+](=O)[O-])cc5)ncnc43)[C@H](NC(=O)OCCc3ccc([N+](=O)[O-])cc3)[C@@H]2OC(=O)CCC(=O)O)(c2ccccc2)c2ccc(OC)cc2)cc1. The molecule has 398 valence electrons. The molecule has 3 N–H and O–H groups in total. The van der Waals surface area contributed by atoms with Crippen LogP contribution in [-0.4, -0.2) is 111 Å². The van der Waals surface area contributed by atoms with Crippen LogP contribution in [0.2, 0.25) is 0 Å². The molecule has 0 saturated carbocycles. The van der Waals surface area contributed by atoms with Crippen molar-refractivity contribution in [2.24, 2.45) is 0 Å². The second kappa shape index (κ2) is 24.7. The average molecular weight is 1060 g/mol. The van der Waals surface area contributed by atoms with Crippen molar-refractivity contribution in [1.82, 2.24) is 24.8 Å². The lowest BCUT2D eigenvalue weighted by molar-refractivity contribution is -0.385. The Morgan fingerprint density at radius 2 is 1.25 bits per heavy atom. The van der Waals surface area contributed by atoms with Gasteiger partial charge in [-0.2, -0.15) is 0 Å². The molecular formula is C53H50N8O16. The van der Waals surface area contributed by atoms with E-state index < -0.39 is 76.9 Å².